The first-order valence-electron chi connectivity index (χ1n) is 5.85. The molecule has 0 bridgehead atoms. The van der Waals surface area contributed by atoms with Gasteiger partial charge in [0.1, 0.15) is 0 Å². The second kappa shape index (κ2) is 4.88. The van der Waals surface area contributed by atoms with Crippen LogP contribution in [0.4, 0.5) is 5.13 Å². The van der Waals surface area contributed by atoms with Gasteiger partial charge in [0.05, 0.1) is 5.69 Å². The molecule has 90 valence electrons. The molecule has 0 amide bonds. The van der Waals surface area contributed by atoms with Crippen molar-refractivity contribution in [2.45, 2.75) is 33.7 Å². The van der Waals surface area contributed by atoms with Crippen molar-refractivity contribution in [1.29, 1.82) is 0 Å². The van der Waals surface area contributed by atoms with E-state index < -0.39 is 0 Å². The number of thiazole rings is 1. The van der Waals surface area contributed by atoms with Crippen LogP contribution in [-0.4, -0.2) is 11.0 Å². The van der Waals surface area contributed by atoms with E-state index in [1.807, 2.05) is 0 Å². The minimum Gasteiger partial charge on any atom is -0.359 e. The van der Waals surface area contributed by atoms with Crippen LogP contribution in [0.25, 0.3) is 11.3 Å². The van der Waals surface area contributed by atoms with Gasteiger partial charge in [0.2, 0.25) is 0 Å². The van der Waals surface area contributed by atoms with Gasteiger partial charge in [-0.05, 0) is 39.8 Å². The van der Waals surface area contributed by atoms with Crippen LogP contribution in [0.3, 0.4) is 0 Å². The Kier molecular flexibility index (Phi) is 3.48. The number of rotatable bonds is 3. The Hall–Kier alpha value is -1.35. The molecule has 2 rings (SSSR count). The summed E-state index contributed by atoms with van der Waals surface area (Å²) in [7, 11) is 0. The third-order valence-electron chi connectivity index (χ3n) is 2.43. The third kappa shape index (κ3) is 3.07. The van der Waals surface area contributed by atoms with Gasteiger partial charge in [-0.1, -0.05) is 17.2 Å². The minimum absolute atomic E-state index is 0.424. The molecule has 0 aliphatic rings. The molecule has 1 aromatic heterocycles. The van der Waals surface area contributed by atoms with E-state index >= 15 is 0 Å². The van der Waals surface area contributed by atoms with Crippen LogP contribution < -0.4 is 5.32 Å². The number of benzene rings is 1. The lowest BCUT2D eigenvalue weighted by Crippen LogP contribution is -2.08. The summed E-state index contributed by atoms with van der Waals surface area (Å²) in [6, 6.07) is 6.97. The van der Waals surface area contributed by atoms with Crippen LogP contribution >= 0.6 is 11.3 Å². The lowest BCUT2D eigenvalue weighted by Gasteiger charge is -2.05. The summed E-state index contributed by atoms with van der Waals surface area (Å²) in [5.41, 5.74) is 4.83. The fourth-order valence-corrected chi connectivity index (χ4v) is 2.71. The Balaban J connectivity index is 2.30. The van der Waals surface area contributed by atoms with Crippen LogP contribution in [0.2, 0.25) is 0 Å². The van der Waals surface area contributed by atoms with Crippen molar-refractivity contribution >= 4 is 16.5 Å². The van der Waals surface area contributed by atoms with Crippen LogP contribution in [0.1, 0.15) is 25.0 Å². The summed E-state index contributed by atoms with van der Waals surface area (Å²) in [5.74, 6) is 0. The quantitative estimate of drug-likeness (QED) is 0.876. The van der Waals surface area contributed by atoms with Crippen molar-refractivity contribution in [2.24, 2.45) is 0 Å². The summed E-state index contributed by atoms with van der Waals surface area (Å²) in [5, 5.41) is 6.44. The summed E-state index contributed by atoms with van der Waals surface area (Å²) < 4.78 is 0. The smallest absolute Gasteiger partial charge is 0.183 e. The molecule has 0 atom stereocenters. The van der Waals surface area contributed by atoms with Gasteiger partial charge in [-0.2, -0.15) is 0 Å². The van der Waals surface area contributed by atoms with Gasteiger partial charge in [-0.15, -0.1) is 11.3 Å². The van der Waals surface area contributed by atoms with Crippen LogP contribution in [0.15, 0.2) is 23.6 Å². The third-order valence-corrected chi connectivity index (χ3v) is 3.21. The predicted molar refractivity (Wildman–Crippen MR) is 75.8 cm³/mol. The van der Waals surface area contributed by atoms with Gasteiger partial charge in [0.25, 0.3) is 0 Å². The molecular weight excluding hydrogens is 228 g/mol. The van der Waals surface area contributed by atoms with Gasteiger partial charge in [-0.3, -0.25) is 0 Å². The molecule has 17 heavy (non-hydrogen) atoms. The van der Waals surface area contributed by atoms with Crippen molar-refractivity contribution in [2.75, 3.05) is 5.32 Å². The molecule has 0 radical (unpaired) electrons. The van der Waals surface area contributed by atoms with E-state index in [0.717, 1.165) is 10.8 Å². The highest BCUT2D eigenvalue weighted by molar-refractivity contribution is 7.14. The zero-order valence-electron chi connectivity index (χ0n) is 10.7. The summed E-state index contributed by atoms with van der Waals surface area (Å²) in [6.07, 6.45) is 0. The van der Waals surface area contributed by atoms with E-state index in [2.05, 4.69) is 61.6 Å². The molecule has 0 fully saturated rings. The van der Waals surface area contributed by atoms with E-state index in [1.54, 1.807) is 11.3 Å². The van der Waals surface area contributed by atoms with Gasteiger partial charge >= 0.3 is 0 Å². The first-order valence-corrected chi connectivity index (χ1v) is 6.73. The fourth-order valence-electron chi connectivity index (χ4n) is 1.84. The summed E-state index contributed by atoms with van der Waals surface area (Å²) in [4.78, 5) is 4.61. The lowest BCUT2D eigenvalue weighted by atomic mass is 10.1. The zero-order valence-corrected chi connectivity index (χ0v) is 11.6. The Morgan fingerprint density at radius 3 is 2.35 bits per heavy atom. The molecule has 1 heterocycles. The largest absolute Gasteiger partial charge is 0.359 e. The van der Waals surface area contributed by atoms with Crippen molar-refractivity contribution in [1.82, 2.24) is 4.98 Å². The molecule has 0 spiro atoms. The maximum absolute atomic E-state index is 4.61. The van der Waals surface area contributed by atoms with Crippen LogP contribution in [-0.2, 0) is 0 Å². The Morgan fingerprint density at radius 1 is 1.12 bits per heavy atom. The summed E-state index contributed by atoms with van der Waals surface area (Å²) in [6.45, 7) is 8.49. The number of nitrogens with one attached hydrogen (secondary N) is 1. The number of hydrogen-bond acceptors (Lipinski definition) is 3. The van der Waals surface area contributed by atoms with E-state index in [1.165, 1.54) is 16.7 Å². The zero-order chi connectivity index (χ0) is 12.4. The molecule has 3 heteroatoms. The number of aryl methyl sites for hydroxylation is 2. The van der Waals surface area contributed by atoms with Gasteiger partial charge in [0.15, 0.2) is 5.13 Å². The molecular formula is C14H18N2S. The van der Waals surface area contributed by atoms with Crippen molar-refractivity contribution in [3.8, 4) is 11.3 Å². The SMILES string of the molecule is Cc1cc(C)cc(-c2csc(NC(C)C)n2)c1. The monoisotopic (exact) mass is 246 g/mol. The average Bonchev–Trinajstić information content (AvgIpc) is 2.63. The molecule has 0 aliphatic heterocycles. The maximum atomic E-state index is 4.61. The first-order chi connectivity index (χ1) is 8.04. The molecule has 2 nitrogen and oxygen atoms in total. The van der Waals surface area contributed by atoms with E-state index in [4.69, 9.17) is 0 Å². The Morgan fingerprint density at radius 2 is 1.76 bits per heavy atom. The van der Waals surface area contributed by atoms with Crippen LogP contribution in [0, 0.1) is 13.8 Å². The predicted octanol–water partition coefficient (Wildman–Crippen LogP) is 4.25. The van der Waals surface area contributed by atoms with Crippen LogP contribution in [0.5, 0.6) is 0 Å². The van der Waals surface area contributed by atoms with E-state index in [-0.39, 0.29) is 0 Å². The van der Waals surface area contributed by atoms with Crippen molar-refractivity contribution < 1.29 is 0 Å². The van der Waals surface area contributed by atoms with Gasteiger partial charge in [-0.25, -0.2) is 4.98 Å². The molecule has 1 aromatic carbocycles. The highest BCUT2D eigenvalue weighted by atomic mass is 32.1. The molecule has 0 unspecified atom stereocenters. The maximum Gasteiger partial charge on any atom is 0.183 e. The highest BCUT2D eigenvalue weighted by Gasteiger charge is 2.06. The normalized spacial score (nSPS) is 10.9. The fraction of sp³-hybridized carbons (Fsp3) is 0.357. The first kappa shape index (κ1) is 12.1. The molecule has 0 saturated carbocycles. The Labute approximate surface area is 107 Å². The standard InChI is InChI=1S/C14H18N2S/c1-9(2)15-14-16-13(8-17-14)12-6-10(3)5-11(4)7-12/h5-9H,1-4H3,(H,15,16). The number of anilines is 1. The van der Waals surface area contributed by atoms with Crippen molar-refractivity contribution in [3.05, 3.63) is 34.7 Å². The second-order valence-corrected chi connectivity index (χ2v) is 5.57. The molecule has 0 aliphatic carbocycles. The molecule has 1 N–H and O–H groups in total. The molecule has 2 aromatic rings. The second-order valence-electron chi connectivity index (χ2n) is 4.71. The lowest BCUT2D eigenvalue weighted by molar-refractivity contribution is 0.897. The Bertz CT molecular complexity index is 494. The summed E-state index contributed by atoms with van der Waals surface area (Å²) >= 11 is 1.66. The highest BCUT2D eigenvalue weighted by Crippen LogP contribution is 2.26. The van der Waals surface area contributed by atoms with E-state index in [9.17, 15) is 0 Å². The van der Waals surface area contributed by atoms with Gasteiger partial charge < -0.3 is 5.32 Å². The van der Waals surface area contributed by atoms with Gasteiger partial charge in [0, 0.05) is 17.0 Å². The topological polar surface area (TPSA) is 24.9 Å². The number of aromatic nitrogens is 1. The van der Waals surface area contributed by atoms with Crippen molar-refractivity contribution in [3.63, 3.8) is 0 Å². The minimum atomic E-state index is 0.424. The number of hydrogen-bond donors (Lipinski definition) is 1. The number of nitrogens with zero attached hydrogens (tertiary/aromatic N) is 1. The van der Waals surface area contributed by atoms with E-state index in [0.29, 0.717) is 6.04 Å². The molecule has 0 saturated heterocycles. The average molecular weight is 246 g/mol.